The van der Waals surface area contributed by atoms with Crippen molar-refractivity contribution in [3.63, 3.8) is 0 Å². The van der Waals surface area contributed by atoms with Gasteiger partial charge in [0.05, 0.1) is 6.54 Å². The SMILES string of the molecule is CC1CCN(CC(=O)n2nc3ccccn3c2=O)CC1N. The number of hydrogen-bond donors (Lipinski definition) is 1. The molecule has 2 unspecified atom stereocenters. The summed E-state index contributed by atoms with van der Waals surface area (Å²) in [4.78, 5) is 26.4. The molecule has 1 aliphatic rings. The number of fused-ring (bicyclic) bond motifs is 1. The Morgan fingerprint density at radius 3 is 3.00 bits per heavy atom. The van der Waals surface area contributed by atoms with Crippen LogP contribution in [0.3, 0.4) is 0 Å². The Labute approximate surface area is 122 Å². The fourth-order valence-electron chi connectivity index (χ4n) is 2.66. The Kier molecular flexibility index (Phi) is 3.60. The first-order valence-corrected chi connectivity index (χ1v) is 7.14. The lowest BCUT2D eigenvalue weighted by Crippen LogP contribution is -2.50. The summed E-state index contributed by atoms with van der Waals surface area (Å²) >= 11 is 0. The van der Waals surface area contributed by atoms with Crippen LogP contribution < -0.4 is 11.4 Å². The van der Waals surface area contributed by atoms with Crippen molar-refractivity contribution in [3.8, 4) is 0 Å². The molecular formula is C14H19N5O2. The summed E-state index contributed by atoms with van der Waals surface area (Å²) in [7, 11) is 0. The van der Waals surface area contributed by atoms with Gasteiger partial charge in [-0.25, -0.2) is 9.20 Å². The summed E-state index contributed by atoms with van der Waals surface area (Å²) in [6.07, 6.45) is 2.57. The number of rotatable bonds is 2. The maximum absolute atomic E-state index is 12.3. The van der Waals surface area contributed by atoms with Gasteiger partial charge < -0.3 is 5.73 Å². The molecule has 1 saturated heterocycles. The number of hydrogen-bond acceptors (Lipinski definition) is 5. The van der Waals surface area contributed by atoms with Gasteiger partial charge in [0.2, 0.25) is 0 Å². The lowest BCUT2D eigenvalue weighted by atomic mass is 9.94. The maximum Gasteiger partial charge on any atom is 0.357 e. The highest BCUT2D eigenvalue weighted by Gasteiger charge is 2.25. The molecule has 2 aromatic rings. The number of nitrogens with two attached hydrogens (primary N) is 1. The summed E-state index contributed by atoms with van der Waals surface area (Å²) in [6, 6.07) is 5.28. The van der Waals surface area contributed by atoms with Crippen LogP contribution in [-0.2, 0) is 0 Å². The predicted molar refractivity (Wildman–Crippen MR) is 78.3 cm³/mol. The second-order valence-electron chi connectivity index (χ2n) is 5.68. The molecule has 0 radical (unpaired) electrons. The van der Waals surface area contributed by atoms with Gasteiger partial charge in [0, 0.05) is 18.8 Å². The van der Waals surface area contributed by atoms with E-state index in [9.17, 15) is 9.59 Å². The molecule has 2 atom stereocenters. The number of nitrogens with zero attached hydrogens (tertiary/aromatic N) is 4. The summed E-state index contributed by atoms with van der Waals surface area (Å²) < 4.78 is 2.31. The second-order valence-corrected chi connectivity index (χ2v) is 5.68. The minimum Gasteiger partial charge on any atom is -0.326 e. The van der Waals surface area contributed by atoms with E-state index in [1.165, 1.54) is 4.40 Å². The van der Waals surface area contributed by atoms with E-state index in [4.69, 9.17) is 5.73 Å². The molecule has 2 aromatic heterocycles. The van der Waals surface area contributed by atoms with Gasteiger partial charge in [-0.2, -0.15) is 0 Å². The van der Waals surface area contributed by atoms with E-state index < -0.39 is 5.69 Å². The molecule has 0 aromatic carbocycles. The molecule has 2 N–H and O–H groups in total. The van der Waals surface area contributed by atoms with Crippen molar-refractivity contribution in [2.24, 2.45) is 11.7 Å². The van der Waals surface area contributed by atoms with Gasteiger partial charge in [-0.15, -0.1) is 9.78 Å². The normalized spacial score (nSPS) is 23.5. The van der Waals surface area contributed by atoms with Gasteiger partial charge >= 0.3 is 5.69 Å². The quantitative estimate of drug-likeness (QED) is 0.828. The smallest absolute Gasteiger partial charge is 0.326 e. The van der Waals surface area contributed by atoms with E-state index in [1.54, 1.807) is 24.4 Å². The molecule has 0 aliphatic carbocycles. The second kappa shape index (κ2) is 5.42. The van der Waals surface area contributed by atoms with E-state index >= 15 is 0 Å². The molecule has 0 saturated carbocycles. The Morgan fingerprint density at radius 1 is 1.48 bits per heavy atom. The first kappa shape index (κ1) is 14.0. The fraction of sp³-hybridized carbons (Fsp3) is 0.500. The molecule has 3 rings (SSSR count). The average molecular weight is 289 g/mol. The predicted octanol–water partition coefficient (Wildman–Crippen LogP) is -0.195. The molecule has 21 heavy (non-hydrogen) atoms. The van der Waals surface area contributed by atoms with Crippen molar-refractivity contribution >= 4 is 11.6 Å². The van der Waals surface area contributed by atoms with Crippen LogP contribution in [0.5, 0.6) is 0 Å². The molecule has 0 bridgehead atoms. The largest absolute Gasteiger partial charge is 0.357 e. The zero-order valence-corrected chi connectivity index (χ0v) is 12.0. The number of piperidine rings is 1. The van der Waals surface area contributed by atoms with Crippen molar-refractivity contribution in [2.45, 2.75) is 19.4 Å². The summed E-state index contributed by atoms with van der Waals surface area (Å²) in [5.74, 6) is 0.153. The third-order valence-corrected chi connectivity index (χ3v) is 4.12. The third-order valence-electron chi connectivity index (χ3n) is 4.12. The number of carbonyl (C=O) groups excluding carboxylic acids is 1. The molecule has 7 nitrogen and oxygen atoms in total. The Bertz CT molecular complexity index is 719. The van der Waals surface area contributed by atoms with Crippen molar-refractivity contribution in [2.75, 3.05) is 19.6 Å². The van der Waals surface area contributed by atoms with Gasteiger partial charge in [-0.05, 0) is 31.0 Å². The highest BCUT2D eigenvalue weighted by atomic mass is 16.2. The van der Waals surface area contributed by atoms with Crippen LogP contribution in [0.4, 0.5) is 0 Å². The van der Waals surface area contributed by atoms with Gasteiger partial charge in [-0.1, -0.05) is 13.0 Å². The highest BCUT2D eigenvalue weighted by Crippen LogP contribution is 2.15. The molecule has 7 heteroatoms. The van der Waals surface area contributed by atoms with Gasteiger partial charge in [0.1, 0.15) is 0 Å². The number of pyridine rings is 1. The Hall–Kier alpha value is -1.99. The fourth-order valence-corrected chi connectivity index (χ4v) is 2.66. The van der Waals surface area contributed by atoms with Crippen LogP contribution in [0.15, 0.2) is 29.2 Å². The average Bonchev–Trinajstić information content (AvgIpc) is 2.81. The lowest BCUT2D eigenvalue weighted by Gasteiger charge is -2.34. The number of aromatic nitrogens is 3. The Morgan fingerprint density at radius 2 is 2.29 bits per heavy atom. The summed E-state index contributed by atoms with van der Waals surface area (Å²) in [6.45, 7) is 3.79. The standard InChI is InChI=1S/C14H19N5O2/c1-10-5-7-17(8-11(10)15)9-13(20)19-14(21)18-6-3-2-4-12(18)16-19/h2-4,6,10-11H,5,7-9,15H2,1H3. The first-order valence-electron chi connectivity index (χ1n) is 7.14. The minimum atomic E-state index is -0.426. The lowest BCUT2D eigenvalue weighted by molar-refractivity contribution is 0.0783. The van der Waals surface area contributed by atoms with Crippen LogP contribution in [-0.4, -0.2) is 50.7 Å². The van der Waals surface area contributed by atoms with E-state index in [0.29, 0.717) is 18.1 Å². The van der Waals surface area contributed by atoms with E-state index in [1.807, 2.05) is 4.90 Å². The molecule has 112 valence electrons. The molecule has 0 spiro atoms. The van der Waals surface area contributed by atoms with Crippen LogP contribution in [0.2, 0.25) is 0 Å². The van der Waals surface area contributed by atoms with E-state index in [-0.39, 0.29) is 18.5 Å². The summed E-state index contributed by atoms with van der Waals surface area (Å²) in [5.41, 5.74) is 6.08. The summed E-state index contributed by atoms with van der Waals surface area (Å²) in [5, 5.41) is 4.07. The zero-order chi connectivity index (χ0) is 15.0. The maximum atomic E-state index is 12.3. The first-order chi connectivity index (χ1) is 10.1. The van der Waals surface area contributed by atoms with Crippen LogP contribution >= 0.6 is 0 Å². The molecule has 0 amide bonds. The monoisotopic (exact) mass is 289 g/mol. The van der Waals surface area contributed by atoms with Crippen LogP contribution in [0.1, 0.15) is 18.1 Å². The van der Waals surface area contributed by atoms with Gasteiger partial charge in [-0.3, -0.25) is 9.69 Å². The van der Waals surface area contributed by atoms with Crippen molar-refractivity contribution < 1.29 is 4.79 Å². The van der Waals surface area contributed by atoms with E-state index in [2.05, 4.69) is 12.0 Å². The topological polar surface area (TPSA) is 85.6 Å². The Balaban J connectivity index is 1.78. The highest BCUT2D eigenvalue weighted by molar-refractivity contribution is 5.80. The number of likely N-dealkylation sites (tertiary alicyclic amines) is 1. The molecule has 3 heterocycles. The van der Waals surface area contributed by atoms with Crippen molar-refractivity contribution in [1.82, 2.24) is 19.1 Å². The van der Waals surface area contributed by atoms with Crippen molar-refractivity contribution in [3.05, 3.63) is 34.9 Å². The van der Waals surface area contributed by atoms with Crippen LogP contribution in [0.25, 0.3) is 5.65 Å². The molecule has 1 fully saturated rings. The molecular weight excluding hydrogens is 270 g/mol. The van der Waals surface area contributed by atoms with Gasteiger partial charge in [0.15, 0.2) is 5.65 Å². The molecule has 1 aliphatic heterocycles. The third kappa shape index (κ3) is 2.62. The van der Waals surface area contributed by atoms with Crippen molar-refractivity contribution in [1.29, 1.82) is 0 Å². The van der Waals surface area contributed by atoms with Crippen LogP contribution in [0, 0.1) is 5.92 Å². The van der Waals surface area contributed by atoms with E-state index in [0.717, 1.165) is 17.6 Å². The van der Waals surface area contributed by atoms with Gasteiger partial charge in [0.25, 0.3) is 5.91 Å². The number of carbonyl (C=O) groups is 1. The minimum absolute atomic E-state index is 0.0735. The zero-order valence-electron chi connectivity index (χ0n) is 12.0.